The number of fused-ring (bicyclic) bond motifs is 1. The lowest BCUT2D eigenvalue weighted by Gasteiger charge is -2.05. The number of aldehydes is 1. The zero-order valence-electron chi connectivity index (χ0n) is 10.7. The van der Waals surface area contributed by atoms with Crippen LogP contribution in [0.15, 0.2) is 52.9 Å². The number of hydrogen-bond acceptors (Lipinski definition) is 2. The fourth-order valence-electron chi connectivity index (χ4n) is 2.31. The molecule has 3 aromatic rings. The fourth-order valence-corrected chi connectivity index (χ4v) is 2.31. The molecule has 3 rings (SSSR count). The van der Waals surface area contributed by atoms with Crippen LogP contribution in [0.2, 0.25) is 0 Å². The van der Waals surface area contributed by atoms with E-state index in [9.17, 15) is 4.79 Å². The fraction of sp³-hybridized carbons (Fsp3) is 0.118. The number of furan rings is 1. The molecule has 0 amide bonds. The summed E-state index contributed by atoms with van der Waals surface area (Å²) in [5.74, 6) is 0.378. The van der Waals surface area contributed by atoms with Gasteiger partial charge in [0.1, 0.15) is 5.58 Å². The topological polar surface area (TPSA) is 30.2 Å². The molecule has 0 N–H and O–H groups in total. The highest BCUT2D eigenvalue weighted by atomic mass is 16.3. The lowest BCUT2D eigenvalue weighted by molar-refractivity contribution is 0.110. The van der Waals surface area contributed by atoms with Gasteiger partial charge in [-0.2, -0.15) is 0 Å². The number of carbonyl (C=O) groups excluding carboxylic acids is 1. The predicted octanol–water partition coefficient (Wildman–Crippen LogP) is 4.14. The third-order valence-corrected chi connectivity index (χ3v) is 3.37. The highest BCUT2D eigenvalue weighted by Crippen LogP contribution is 2.22. The first-order chi connectivity index (χ1) is 9.26. The van der Waals surface area contributed by atoms with Crippen LogP contribution in [0.3, 0.4) is 0 Å². The van der Waals surface area contributed by atoms with Crippen LogP contribution >= 0.6 is 0 Å². The van der Waals surface area contributed by atoms with Gasteiger partial charge in [-0.15, -0.1) is 0 Å². The van der Waals surface area contributed by atoms with Crippen molar-refractivity contribution in [2.45, 2.75) is 13.3 Å². The van der Waals surface area contributed by atoms with Crippen molar-refractivity contribution in [1.29, 1.82) is 0 Å². The van der Waals surface area contributed by atoms with Gasteiger partial charge in [0.15, 0.2) is 12.0 Å². The molecule has 0 unspecified atom stereocenters. The van der Waals surface area contributed by atoms with Gasteiger partial charge in [0.2, 0.25) is 0 Å². The second-order valence-corrected chi connectivity index (χ2v) is 4.74. The Balaban J connectivity index is 1.97. The maximum absolute atomic E-state index is 10.7. The molecule has 0 saturated carbocycles. The number of carbonyl (C=O) groups is 1. The van der Waals surface area contributed by atoms with Crippen molar-refractivity contribution < 1.29 is 9.21 Å². The molecule has 0 fully saturated rings. The number of benzene rings is 2. The standard InChI is InChI=1S/C17H14O2/c1-12-4-2-3-5-14(12)8-13-6-7-17-15(9-13)10-16(11-18)19-17/h2-7,9-11H,8H2,1H3. The van der Waals surface area contributed by atoms with Gasteiger partial charge in [-0.3, -0.25) is 4.79 Å². The highest BCUT2D eigenvalue weighted by molar-refractivity contribution is 5.85. The summed E-state index contributed by atoms with van der Waals surface area (Å²) in [6.07, 6.45) is 1.63. The first-order valence-corrected chi connectivity index (χ1v) is 6.28. The molecule has 2 nitrogen and oxygen atoms in total. The van der Waals surface area contributed by atoms with Crippen molar-refractivity contribution in [3.05, 3.63) is 71.0 Å². The Morgan fingerprint density at radius 3 is 2.74 bits per heavy atom. The van der Waals surface area contributed by atoms with Crippen molar-refractivity contribution in [2.75, 3.05) is 0 Å². The van der Waals surface area contributed by atoms with E-state index in [-0.39, 0.29) is 0 Å². The van der Waals surface area contributed by atoms with Crippen LogP contribution in [0.1, 0.15) is 27.2 Å². The van der Waals surface area contributed by atoms with E-state index in [1.165, 1.54) is 16.7 Å². The predicted molar refractivity (Wildman–Crippen MR) is 75.6 cm³/mol. The molecular formula is C17H14O2. The molecule has 0 spiro atoms. The van der Waals surface area contributed by atoms with Crippen LogP contribution in [0.4, 0.5) is 0 Å². The molecule has 1 aromatic heterocycles. The van der Waals surface area contributed by atoms with E-state index in [4.69, 9.17) is 4.42 Å². The lowest BCUT2D eigenvalue weighted by atomic mass is 10.00. The van der Waals surface area contributed by atoms with E-state index in [2.05, 4.69) is 37.3 Å². The third-order valence-electron chi connectivity index (χ3n) is 3.37. The molecule has 0 radical (unpaired) electrons. The van der Waals surface area contributed by atoms with E-state index in [0.717, 1.165) is 23.7 Å². The molecule has 0 aliphatic carbocycles. The number of rotatable bonds is 3. The van der Waals surface area contributed by atoms with Gasteiger partial charge < -0.3 is 4.42 Å². The largest absolute Gasteiger partial charge is 0.453 e. The van der Waals surface area contributed by atoms with Gasteiger partial charge in [0, 0.05) is 5.39 Å². The van der Waals surface area contributed by atoms with Crippen LogP contribution in [0, 0.1) is 6.92 Å². The van der Waals surface area contributed by atoms with E-state index < -0.39 is 0 Å². The average Bonchev–Trinajstić information content (AvgIpc) is 2.83. The summed E-state index contributed by atoms with van der Waals surface area (Å²) in [5, 5.41) is 0.980. The minimum atomic E-state index is 0.378. The first kappa shape index (κ1) is 11.7. The van der Waals surface area contributed by atoms with Crippen LogP contribution in [-0.2, 0) is 6.42 Å². The smallest absolute Gasteiger partial charge is 0.185 e. The van der Waals surface area contributed by atoms with Crippen molar-refractivity contribution in [3.63, 3.8) is 0 Å². The summed E-state index contributed by atoms with van der Waals surface area (Å²) in [4.78, 5) is 10.7. The second-order valence-electron chi connectivity index (χ2n) is 4.74. The second kappa shape index (κ2) is 4.73. The van der Waals surface area contributed by atoms with Crippen LogP contribution in [0.5, 0.6) is 0 Å². The zero-order valence-corrected chi connectivity index (χ0v) is 10.7. The normalized spacial score (nSPS) is 10.8. The van der Waals surface area contributed by atoms with Crippen molar-refractivity contribution in [1.82, 2.24) is 0 Å². The van der Waals surface area contributed by atoms with Gasteiger partial charge in [0.05, 0.1) is 0 Å². The van der Waals surface area contributed by atoms with Crippen molar-refractivity contribution in [2.24, 2.45) is 0 Å². The maximum atomic E-state index is 10.7. The van der Waals surface area contributed by atoms with Crippen LogP contribution in [-0.4, -0.2) is 6.29 Å². The number of hydrogen-bond donors (Lipinski definition) is 0. The molecule has 19 heavy (non-hydrogen) atoms. The zero-order chi connectivity index (χ0) is 13.2. The molecule has 0 aliphatic rings. The maximum Gasteiger partial charge on any atom is 0.185 e. The summed E-state index contributed by atoms with van der Waals surface area (Å²) in [7, 11) is 0. The van der Waals surface area contributed by atoms with E-state index >= 15 is 0 Å². The molecular weight excluding hydrogens is 236 g/mol. The number of aryl methyl sites for hydroxylation is 1. The van der Waals surface area contributed by atoms with Crippen LogP contribution in [0.25, 0.3) is 11.0 Å². The molecule has 2 aromatic carbocycles. The summed E-state index contributed by atoms with van der Waals surface area (Å²) in [6.45, 7) is 2.12. The van der Waals surface area contributed by atoms with E-state index in [0.29, 0.717) is 5.76 Å². The summed E-state index contributed by atoms with van der Waals surface area (Å²) >= 11 is 0. The van der Waals surface area contributed by atoms with Gasteiger partial charge in [0.25, 0.3) is 0 Å². The molecule has 1 heterocycles. The molecule has 0 bridgehead atoms. The third kappa shape index (κ3) is 2.29. The van der Waals surface area contributed by atoms with Gasteiger partial charge in [-0.05, 0) is 48.2 Å². The highest BCUT2D eigenvalue weighted by Gasteiger charge is 2.05. The summed E-state index contributed by atoms with van der Waals surface area (Å²) in [5.41, 5.74) is 4.60. The SMILES string of the molecule is Cc1ccccc1Cc1ccc2oc(C=O)cc2c1. The summed E-state index contributed by atoms with van der Waals surface area (Å²) < 4.78 is 5.38. The minimum absolute atomic E-state index is 0.378. The minimum Gasteiger partial charge on any atom is -0.453 e. The Morgan fingerprint density at radius 2 is 1.95 bits per heavy atom. The Bertz CT molecular complexity index is 738. The first-order valence-electron chi connectivity index (χ1n) is 6.28. The van der Waals surface area contributed by atoms with Gasteiger partial charge >= 0.3 is 0 Å². The van der Waals surface area contributed by atoms with Crippen molar-refractivity contribution >= 4 is 17.3 Å². The van der Waals surface area contributed by atoms with Crippen LogP contribution < -0.4 is 0 Å². The average molecular weight is 250 g/mol. The van der Waals surface area contributed by atoms with E-state index in [1.54, 1.807) is 6.07 Å². The Kier molecular flexibility index (Phi) is 2.92. The molecule has 0 atom stereocenters. The van der Waals surface area contributed by atoms with Gasteiger partial charge in [-0.25, -0.2) is 0 Å². The Morgan fingerprint density at radius 1 is 1.11 bits per heavy atom. The molecule has 94 valence electrons. The molecule has 0 saturated heterocycles. The Labute approximate surface area is 111 Å². The van der Waals surface area contributed by atoms with Gasteiger partial charge in [-0.1, -0.05) is 30.3 Å². The monoisotopic (exact) mass is 250 g/mol. The summed E-state index contributed by atoms with van der Waals surface area (Å²) in [6, 6.07) is 16.2. The van der Waals surface area contributed by atoms with Crippen molar-refractivity contribution in [3.8, 4) is 0 Å². The lowest BCUT2D eigenvalue weighted by Crippen LogP contribution is -1.90. The molecule has 0 aliphatic heterocycles. The Hall–Kier alpha value is -2.35. The van der Waals surface area contributed by atoms with E-state index in [1.807, 2.05) is 12.1 Å². The quantitative estimate of drug-likeness (QED) is 0.654. The molecule has 2 heteroatoms.